The number of nitrogens with zero attached hydrogens (tertiary/aromatic N) is 1. The third kappa shape index (κ3) is 2.41. The van der Waals surface area contributed by atoms with Crippen molar-refractivity contribution in [1.82, 2.24) is 5.32 Å². The van der Waals surface area contributed by atoms with Crippen LogP contribution in [0.15, 0.2) is 27.9 Å². The van der Waals surface area contributed by atoms with Gasteiger partial charge in [-0.05, 0) is 18.9 Å². The summed E-state index contributed by atoms with van der Waals surface area (Å²) in [6, 6.07) is -0.703. The van der Waals surface area contributed by atoms with Crippen LogP contribution in [0.25, 0.3) is 0 Å². The van der Waals surface area contributed by atoms with Crippen LogP contribution in [-0.4, -0.2) is 24.5 Å². The van der Waals surface area contributed by atoms with Crippen molar-refractivity contribution in [2.45, 2.75) is 32.0 Å². The zero-order valence-electron chi connectivity index (χ0n) is 9.89. The number of alkyl halides is 3. The van der Waals surface area contributed by atoms with Gasteiger partial charge in [0.15, 0.2) is 0 Å². The van der Waals surface area contributed by atoms with E-state index in [-0.39, 0.29) is 5.03 Å². The van der Waals surface area contributed by atoms with Gasteiger partial charge in [-0.2, -0.15) is 13.2 Å². The summed E-state index contributed by atoms with van der Waals surface area (Å²) >= 11 is 5.92. The van der Waals surface area contributed by atoms with E-state index in [2.05, 4.69) is 10.3 Å². The second-order valence-electron chi connectivity index (χ2n) is 4.36. The topological polar surface area (TPSA) is 24.4 Å². The molecule has 18 heavy (non-hydrogen) atoms. The van der Waals surface area contributed by atoms with Crippen molar-refractivity contribution in [3.63, 3.8) is 0 Å². The summed E-state index contributed by atoms with van der Waals surface area (Å²) in [5.74, 6) is -1.63. The highest BCUT2D eigenvalue weighted by atomic mass is 35.5. The number of hydrogen-bond donors (Lipinski definition) is 1. The van der Waals surface area contributed by atoms with Gasteiger partial charge >= 0.3 is 6.18 Å². The molecule has 0 radical (unpaired) electrons. The Bertz CT molecular complexity index is 424. The van der Waals surface area contributed by atoms with Crippen LogP contribution in [0.5, 0.6) is 0 Å². The van der Waals surface area contributed by atoms with Gasteiger partial charge < -0.3 is 5.32 Å². The first kappa shape index (κ1) is 13.5. The van der Waals surface area contributed by atoms with Crippen LogP contribution in [0.2, 0.25) is 0 Å². The van der Waals surface area contributed by atoms with Crippen LogP contribution >= 0.6 is 11.6 Å². The summed E-state index contributed by atoms with van der Waals surface area (Å²) in [6.07, 6.45) is 0.462. The Hall–Kier alpha value is -0.970. The highest BCUT2D eigenvalue weighted by molar-refractivity contribution is 6.33. The monoisotopic (exact) mass is 278 g/mol. The molecular formula is C12H14ClF3N2. The molecular weight excluding hydrogens is 265 g/mol. The second-order valence-corrected chi connectivity index (χ2v) is 4.77. The maximum absolute atomic E-state index is 13.0. The fraction of sp³-hybridized carbons (Fsp3) is 0.583. The van der Waals surface area contributed by atoms with Crippen molar-refractivity contribution in [1.29, 1.82) is 0 Å². The van der Waals surface area contributed by atoms with Gasteiger partial charge in [-0.25, -0.2) is 0 Å². The summed E-state index contributed by atoms with van der Waals surface area (Å²) in [7, 11) is 0. The Morgan fingerprint density at radius 1 is 1.50 bits per heavy atom. The van der Waals surface area contributed by atoms with Crippen molar-refractivity contribution in [3.8, 4) is 0 Å². The molecule has 2 nitrogen and oxygen atoms in total. The van der Waals surface area contributed by atoms with E-state index < -0.39 is 18.1 Å². The fourth-order valence-electron chi connectivity index (χ4n) is 2.25. The Morgan fingerprint density at radius 2 is 2.22 bits per heavy atom. The van der Waals surface area contributed by atoms with Gasteiger partial charge in [0.1, 0.15) is 5.92 Å². The van der Waals surface area contributed by atoms with E-state index in [1.54, 1.807) is 13.0 Å². The first-order valence-electron chi connectivity index (χ1n) is 5.89. The molecule has 0 spiro atoms. The van der Waals surface area contributed by atoms with Crippen molar-refractivity contribution in [2.75, 3.05) is 6.54 Å². The lowest BCUT2D eigenvalue weighted by molar-refractivity contribution is -0.166. The van der Waals surface area contributed by atoms with Crippen LogP contribution in [0.4, 0.5) is 13.2 Å². The SMILES string of the molecule is CCC1NC(C2=NCCC=C2)=C(Cl)C1C(F)(F)F. The minimum Gasteiger partial charge on any atom is -0.379 e. The maximum Gasteiger partial charge on any atom is 0.398 e. The van der Waals surface area contributed by atoms with E-state index in [0.29, 0.717) is 24.4 Å². The van der Waals surface area contributed by atoms with Crippen molar-refractivity contribution in [2.24, 2.45) is 10.9 Å². The lowest BCUT2D eigenvalue weighted by atomic mass is 9.99. The zero-order valence-corrected chi connectivity index (χ0v) is 10.6. The van der Waals surface area contributed by atoms with Gasteiger partial charge in [-0.15, -0.1) is 0 Å². The zero-order chi connectivity index (χ0) is 13.3. The number of dihydropyridines is 1. The Balaban J connectivity index is 2.34. The van der Waals surface area contributed by atoms with Crippen molar-refractivity contribution < 1.29 is 13.2 Å². The predicted molar refractivity (Wildman–Crippen MR) is 65.7 cm³/mol. The highest BCUT2D eigenvalue weighted by Crippen LogP contribution is 2.42. The van der Waals surface area contributed by atoms with E-state index in [1.165, 1.54) is 0 Å². The predicted octanol–water partition coefficient (Wildman–Crippen LogP) is 3.40. The summed E-state index contributed by atoms with van der Waals surface area (Å²) in [5, 5.41) is 2.70. The van der Waals surface area contributed by atoms with E-state index in [4.69, 9.17) is 11.6 Å². The van der Waals surface area contributed by atoms with Gasteiger partial charge in [0.2, 0.25) is 0 Å². The molecule has 0 bridgehead atoms. The number of rotatable bonds is 2. The number of allylic oxidation sites excluding steroid dienone is 1. The molecule has 100 valence electrons. The normalized spacial score (nSPS) is 28.4. The lowest BCUT2D eigenvalue weighted by Gasteiger charge is -2.21. The summed E-state index contributed by atoms with van der Waals surface area (Å²) < 4.78 is 38.9. The van der Waals surface area contributed by atoms with E-state index in [1.807, 2.05) is 6.08 Å². The molecule has 2 aliphatic heterocycles. The smallest absolute Gasteiger partial charge is 0.379 e. The lowest BCUT2D eigenvalue weighted by Crippen LogP contribution is -2.37. The molecule has 2 atom stereocenters. The third-order valence-corrected chi connectivity index (χ3v) is 3.57. The van der Waals surface area contributed by atoms with Gasteiger partial charge in [0, 0.05) is 12.6 Å². The van der Waals surface area contributed by atoms with E-state index in [9.17, 15) is 13.2 Å². The molecule has 0 aromatic carbocycles. The summed E-state index contributed by atoms with van der Waals surface area (Å²) in [5.41, 5.74) is 0.859. The van der Waals surface area contributed by atoms with Gasteiger partial charge in [0.25, 0.3) is 0 Å². The first-order chi connectivity index (χ1) is 8.45. The standard InChI is InChI=1S/C12H14ClF3N2/c1-2-7-9(12(14,15)16)10(13)11(18-7)8-5-3-4-6-17-8/h3,5,7,9,18H,2,4,6H2,1H3. The number of nitrogens with one attached hydrogen (secondary N) is 1. The fourth-order valence-corrected chi connectivity index (χ4v) is 2.67. The molecule has 0 amide bonds. The largest absolute Gasteiger partial charge is 0.398 e. The molecule has 0 saturated heterocycles. The van der Waals surface area contributed by atoms with Gasteiger partial charge in [0.05, 0.1) is 16.4 Å². The molecule has 0 fully saturated rings. The summed E-state index contributed by atoms with van der Waals surface area (Å²) in [6.45, 7) is 2.30. The Kier molecular flexibility index (Phi) is 3.71. The van der Waals surface area contributed by atoms with E-state index >= 15 is 0 Å². The quantitative estimate of drug-likeness (QED) is 0.823. The molecule has 2 heterocycles. The number of halogens is 4. The van der Waals surface area contributed by atoms with Gasteiger partial charge in [-0.3, -0.25) is 4.99 Å². The second kappa shape index (κ2) is 4.96. The molecule has 2 rings (SSSR count). The molecule has 0 aromatic heterocycles. The third-order valence-electron chi connectivity index (χ3n) is 3.15. The molecule has 0 aliphatic carbocycles. The first-order valence-corrected chi connectivity index (χ1v) is 6.27. The molecule has 2 aliphatic rings. The highest BCUT2D eigenvalue weighted by Gasteiger charge is 2.51. The molecule has 6 heteroatoms. The van der Waals surface area contributed by atoms with Gasteiger partial charge in [-0.1, -0.05) is 24.6 Å². The molecule has 2 unspecified atom stereocenters. The van der Waals surface area contributed by atoms with Crippen molar-refractivity contribution in [3.05, 3.63) is 22.9 Å². The van der Waals surface area contributed by atoms with E-state index in [0.717, 1.165) is 6.42 Å². The van der Waals surface area contributed by atoms with Crippen LogP contribution in [0.1, 0.15) is 19.8 Å². The molecule has 1 N–H and O–H groups in total. The van der Waals surface area contributed by atoms with Crippen molar-refractivity contribution >= 4 is 17.3 Å². The molecule has 0 aromatic rings. The maximum atomic E-state index is 13.0. The van der Waals surface area contributed by atoms with Crippen LogP contribution < -0.4 is 5.32 Å². The molecule has 0 saturated carbocycles. The van der Waals surface area contributed by atoms with Crippen LogP contribution in [-0.2, 0) is 0 Å². The van der Waals surface area contributed by atoms with Crippen LogP contribution in [0, 0.1) is 5.92 Å². The number of hydrogen-bond acceptors (Lipinski definition) is 2. The average molecular weight is 279 g/mol. The minimum absolute atomic E-state index is 0.167. The Morgan fingerprint density at radius 3 is 2.67 bits per heavy atom. The van der Waals surface area contributed by atoms with Crippen LogP contribution in [0.3, 0.4) is 0 Å². The minimum atomic E-state index is -4.33. The average Bonchev–Trinajstić information content (AvgIpc) is 2.67. The Labute approximate surface area is 109 Å². The number of aliphatic imine (C=N–C) groups is 1. The summed E-state index contributed by atoms with van der Waals surface area (Å²) in [4.78, 5) is 4.20.